The van der Waals surface area contributed by atoms with Crippen molar-refractivity contribution in [3.63, 3.8) is 0 Å². The smallest absolute Gasteiger partial charge is 0.196 e. The first kappa shape index (κ1) is 10.3. The quantitative estimate of drug-likeness (QED) is 0.714. The maximum Gasteiger partial charge on any atom is 0.196 e. The molecular weight excluding hydrogens is 190 g/mol. The largest absolute Gasteiger partial charge is 0.437 e. The van der Waals surface area contributed by atoms with Crippen LogP contribution in [-0.2, 0) is 0 Å². The molecule has 0 radical (unpaired) electrons. The van der Waals surface area contributed by atoms with E-state index in [-0.39, 0.29) is 5.78 Å². The van der Waals surface area contributed by atoms with Crippen molar-refractivity contribution < 1.29 is 9.21 Å². The van der Waals surface area contributed by atoms with Crippen molar-refractivity contribution in [1.29, 1.82) is 0 Å². The van der Waals surface area contributed by atoms with E-state index >= 15 is 0 Å². The Morgan fingerprint density at radius 3 is 3.00 bits per heavy atom. The van der Waals surface area contributed by atoms with Crippen LogP contribution in [0.15, 0.2) is 16.5 Å². The number of hydrogen-bond acceptors (Lipinski definition) is 3. The zero-order valence-corrected chi connectivity index (χ0v) is 9.32. The Balaban J connectivity index is 2.18. The Morgan fingerprint density at radius 2 is 2.40 bits per heavy atom. The van der Waals surface area contributed by atoms with Crippen molar-refractivity contribution in [2.75, 3.05) is 11.4 Å². The highest BCUT2D eigenvalue weighted by Crippen LogP contribution is 2.28. The van der Waals surface area contributed by atoms with Crippen LogP contribution in [0, 0.1) is 0 Å². The van der Waals surface area contributed by atoms with Gasteiger partial charge in [0.05, 0.1) is 0 Å². The summed E-state index contributed by atoms with van der Waals surface area (Å²) in [5.41, 5.74) is 0. The van der Waals surface area contributed by atoms with E-state index in [1.54, 1.807) is 6.07 Å². The molecule has 1 atom stereocenters. The summed E-state index contributed by atoms with van der Waals surface area (Å²) in [6.45, 7) is 4.77. The van der Waals surface area contributed by atoms with Crippen LogP contribution in [0.3, 0.4) is 0 Å². The van der Waals surface area contributed by atoms with E-state index in [0.29, 0.717) is 11.8 Å². The third kappa shape index (κ3) is 1.91. The van der Waals surface area contributed by atoms with E-state index in [0.717, 1.165) is 18.8 Å². The average molecular weight is 207 g/mol. The molecule has 1 saturated heterocycles. The van der Waals surface area contributed by atoms with Gasteiger partial charge in [0.2, 0.25) is 0 Å². The summed E-state index contributed by atoms with van der Waals surface area (Å²) in [7, 11) is 0. The van der Waals surface area contributed by atoms with Crippen molar-refractivity contribution >= 4 is 11.7 Å². The van der Waals surface area contributed by atoms with Crippen LogP contribution in [0.1, 0.15) is 43.7 Å². The predicted octanol–water partition coefficient (Wildman–Crippen LogP) is 2.86. The molecule has 0 aromatic carbocycles. The molecule has 1 aliphatic rings. The van der Waals surface area contributed by atoms with Crippen molar-refractivity contribution in [2.45, 2.75) is 39.2 Å². The summed E-state index contributed by atoms with van der Waals surface area (Å²) >= 11 is 0. The Labute approximate surface area is 90.1 Å². The zero-order valence-electron chi connectivity index (χ0n) is 9.32. The number of ketones is 1. The van der Waals surface area contributed by atoms with Crippen LogP contribution in [0.25, 0.3) is 0 Å². The molecule has 0 saturated carbocycles. The monoisotopic (exact) mass is 207 g/mol. The molecule has 1 unspecified atom stereocenters. The minimum atomic E-state index is -0.00602. The Kier molecular flexibility index (Phi) is 2.80. The molecule has 15 heavy (non-hydrogen) atoms. The van der Waals surface area contributed by atoms with Gasteiger partial charge < -0.3 is 9.32 Å². The number of carbonyl (C=O) groups is 1. The summed E-state index contributed by atoms with van der Waals surface area (Å²) in [4.78, 5) is 13.4. The number of furan rings is 1. The van der Waals surface area contributed by atoms with Gasteiger partial charge in [-0.15, -0.1) is 0 Å². The Hall–Kier alpha value is -1.25. The summed E-state index contributed by atoms with van der Waals surface area (Å²) in [5, 5.41) is 0. The van der Waals surface area contributed by atoms with Crippen LogP contribution in [0.4, 0.5) is 5.88 Å². The SMILES string of the molecule is CCC1CCCN1c1ccc(C(C)=O)o1. The summed E-state index contributed by atoms with van der Waals surface area (Å²) < 4.78 is 5.54. The van der Waals surface area contributed by atoms with Gasteiger partial charge in [-0.05, 0) is 25.3 Å². The molecule has 1 fully saturated rings. The highest BCUT2D eigenvalue weighted by Gasteiger charge is 2.25. The molecule has 1 aromatic heterocycles. The standard InChI is InChI=1S/C12H17NO2/c1-3-10-5-4-8-13(10)12-7-6-11(15-12)9(2)14/h6-7,10H,3-5,8H2,1-2H3. The first-order chi connectivity index (χ1) is 7.22. The van der Waals surface area contributed by atoms with Gasteiger partial charge in [0.15, 0.2) is 17.4 Å². The fourth-order valence-corrected chi connectivity index (χ4v) is 2.22. The second-order valence-corrected chi connectivity index (χ2v) is 4.09. The molecule has 2 rings (SSSR count). The molecule has 0 amide bonds. The van der Waals surface area contributed by atoms with Crippen molar-refractivity contribution in [3.05, 3.63) is 17.9 Å². The van der Waals surface area contributed by atoms with Crippen LogP contribution in [-0.4, -0.2) is 18.4 Å². The number of Topliss-reactive ketones (excluding diaryl/α,β-unsaturated/α-hetero) is 1. The molecule has 3 heteroatoms. The third-order valence-corrected chi connectivity index (χ3v) is 3.07. The number of rotatable bonds is 3. The van der Waals surface area contributed by atoms with E-state index in [2.05, 4.69) is 11.8 Å². The van der Waals surface area contributed by atoms with Gasteiger partial charge in [-0.2, -0.15) is 0 Å². The summed E-state index contributed by atoms with van der Waals surface area (Å²) in [5.74, 6) is 1.31. The predicted molar refractivity (Wildman–Crippen MR) is 59.4 cm³/mol. The van der Waals surface area contributed by atoms with Gasteiger partial charge in [0.1, 0.15) is 0 Å². The molecule has 0 N–H and O–H groups in total. The lowest BCUT2D eigenvalue weighted by Crippen LogP contribution is -2.27. The lowest BCUT2D eigenvalue weighted by atomic mass is 10.2. The van der Waals surface area contributed by atoms with E-state index in [1.807, 2.05) is 6.07 Å². The van der Waals surface area contributed by atoms with Gasteiger partial charge in [-0.3, -0.25) is 4.79 Å². The molecule has 0 aliphatic carbocycles. The van der Waals surface area contributed by atoms with Crippen molar-refractivity contribution in [3.8, 4) is 0 Å². The van der Waals surface area contributed by atoms with Gasteiger partial charge in [0.25, 0.3) is 0 Å². The number of anilines is 1. The van der Waals surface area contributed by atoms with E-state index in [4.69, 9.17) is 4.42 Å². The Bertz CT molecular complexity index is 356. The topological polar surface area (TPSA) is 33.5 Å². The number of nitrogens with zero attached hydrogens (tertiary/aromatic N) is 1. The number of hydrogen-bond donors (Lipinski definition) is 0. The molecule has 0 spiro atoms. The zero-order chi connectivity index (χ0) is 10.8. The molecular formula is C12H17NO2. The van der Waals surface area contributed by atoms with Gasteiger partial charge in [0, 0.05) is 25.6 Å². The molecule has 2 heterocycles. The van der Waals surface area contributed by atoms with Crippen molar-refractivity contribution in [1.82, 2.24) is 0 Å². The first-order valence-electron chi connectivity index (χ1n) is 5.59. The van der Waals surface area contributed by atoms with Gasteiger partial charge in [-0.25, -0.2) is 0 Å². The number of carbonyl (C=O) groups excluding carboxylic acids is 1. The Morgan fingerprint density at radius 1 is 1.60 bits per heavy atom. The summed E-state index contributed by atoms with van der Waals surface area (Å²) in [6.07, 6.45) is 3.58. The maximum atomic E-state index is 11.1. The average Bonchev–Trinajstić information content (AvgIpc) is 2.85. The van der Waals surface area contributed by atoms with Gasteiger partial charge >= 0.3 is 0 Å². The van der Waals surface area contributed by atoms with E-state index in [1.165, 1.54) is 19.8 Å². The second kappa shape index (κ2) is 4.09. The normalized spacial score (nSPS) is 20.9. The molecule has 0 bridgehead atoms. The molecule has 3 nitrogen and oxygen atoms in total. The molecule has 1 aliphatic heterocycles. The summed E-state index contributed by atoms with van der Waals surface area (Å²) in [6, 6.07) is 4.25. The highest BCUT2D eigenvalue weighted by atomic mass is 16.4. The van der Waals surface area contributed by atoms with Crippen molar-refractivity contribution in [2.24, 2.45) is 0 Å². The fraction of sp³-hybridized carbons (Fsp3) is 0.583. The lowest BCUT2D eigenvalue weighted by Gasteiger charge is -2.22. The van der Waals surface area contributed by atoms with Crippen LogP contribution < -0.4 is 4.90 Å². The molecule has 1 aromatic rings. The van der Waals surface area contributed by atoms with E-state index in [9.17, 15) is 4.79 Å². The minimum absolute atomic E-state index is 0.00602. The highest BCUT2D eigenvalue weighted by molar-refractivity contribution is 5.91. The van der Waals surface area contributed by atoms with Crippen LogP contribution in [0.5, 0.6) is 0 Å². The van der Waals surface area contributed by atoms with Crippen LogP contribution in [0.2, 0.25) is 0 Å². The van der Waals surface area contributed by atoms with E-state index < -0.39 is 0 Å². The third-order valence-electron chi connectivity index (χ3n) is 3.07. The fourth-order valence-electron chi connectivity index (χ4n) is 2.22. The van der Waals surface area contributed by atoms with Gasteiger partial charge in [-0.1, -0.05) is 6.92 Å². The molecule has 82 valence electrons. The maximum absolute atomic E-state index is 11.1. The second-order valence-electron chi connectivity index (χ2n) is 4.09. The lowest BCUT2D eigenvalue weighted by molar-refractivity contribution is 0.0987. The van der Waals surface area contributed by atoms with Crippen LogP contribution >= 0.6 is 0 Å². The first-order valence-corrected chi connectivity index (χ1v) is 5.59. The minimum Gasteiger partial charge on any atom is -0.437 e.